The Balaban J connectivity index is 2.44. The predicted octanol–water partition coefficient (Wildman–Crippen LogP) is 1.18. The van der Waals surface area contributed by atoms with E-state index in [0.717, 1.165) is 31.9 Å². The molecule has 0 aromatic rings. The zero-order valence-electron chi connectivity index (χ0n) is 7.92. The van der Waals surface area contributed by atoms with Gasteiger partial charge in [-0.15, -0.1) is 0 Å². The van der Waals surface area contributed by atoms with E-state index >= 15 is 0 Å². The first-order valence-electron chi connectivity index (χ1n) is 4.61. The van der Waals surface area contributed by atoms with Crippen molar-refractivity contribution >= 4 is 5.84 Å². The van der Waals surface area contributed by atoms with Crippen LogP contribution in [0.15, 0.2) is 4.99 Å². The van der Waals surface area contributed by atoms with E-state index in [1.807, 2.05) is 13.8 Å². The molecule has 0 saturated carbocycles. The monoisotopic (exact) mass is 170 g/mol. The maximum absolute atomic E-state index is 5.82. The van der Waals surface area contributed by atoms with Crippen molar-refractivity contribution in [1.82, 2.24) is 0 Å². The minimum absolute atomic E-state index is 0.298. The molecule has 0 aromatic carbocycles. The van der Waals surface area contributed by atoms with Crippen molar-refractivity contribution in [2.75, 3.05) is 13.2 Å². The van der Waals surface area contributed by atoms with Crippen LogP contribution in [0.3, 0.4) is 0 Å². The highest BCUT2D eigenvalue weighted by molar-refractivity contribution is 5.83. The van der Waals surface area contributed by atoms with E-state index in [1.165, 1.54) is 0 Å². The molecule has 1 atom stereocenters. The van der Waals surface area contributed by atoms with Gasteiger partial charge in [-0.3, -0.25) is 4.99 Å². The van der Waals surface area contributed by atoms with Gasteiger partial charge in [-0.1, -0.05) is 0 Å². The molecule has 1 aliphatic heterocycles. The van der Waals surface area contributed by atoms with Gasteiger partial charge < -0.3 is 10.5 Å². The summed E-state index contributed by atoms with van der Waals surface area (Å²) in [5.41, 5.74) is 5.82. The molecule has 2 N–H and O–H groups in total. The smallest absolute Gasteiger partial charge is 0.0994 e. The van der Waals surface area contributed by atoms with Gasteiger partial charge in [0.25, 0.3) is 0 Å². The van der Waals surface area contributed by atoms with Crippen LogP contribution >= 0.6 is 0 Å². The highest BCUT2D eigenvalue weighted by atomic mass is 16.5. The molecule has 0 aliphatic carbocycles. The van der Waals surface area contributed by atoms with E-state index in [9.17, 15) is 0 Å². The SMILES string of the molecule is CC(C)N=C(N)C1CCCOC1. The summed E-state index contributed by atoms with van der Waals surface area (Å²) >= 11 is 0. The summed E-state index contributed by atoms with van der Waals surface area (Å²) in [7, 11) is 0. The Labute approximate surface area is 74.0 Å². The molecule has 0 aromatic heterocycles. The molecule has 3 heteroatoms. The molecule has 70 valence electrons. The first kappa shape index (κ1) is 9.52. The third-order valence-corrected chi connectivity index (χ3v) is 1.99. The van der Waals surface area contributed by atoms with E-state index in [-0.39, 0.29) is 0 Å². The Hall–Kier alpha value is -0.570. The standard InChI is InChI=1S/C9H18N2O/c1-7(2)11-9(10)8-4-3-5-12-6-8/h7-8H,3-6H2,1-2H3,(H2,10,11). The van der Waals surface area contributed by atoms with Crippen molar-refractivity contribution in [2.45, 2.75) is 32.7 Å². The number of hydrogen-bond acceptors (Lipinski definition) is 2. The number of nitrogens with two attached hydrogens (primary N) is 1. The molecule has 1 unspecified atom stereocenters. The highest BCUT2D eigenvalue weighted by Gasteiger charge is 2.17. The molecule has 1 rings (SSSR count). The lowest BCUT2D eigenvalue weighted by Crippen LogP contribution is -2.31. The molecule has 1 heterocycles. The van der Waals surface area contributed by atoms with Crippen LogP contribution in [0.4, 0.5) is 0 Å². The third-order valence-electron chi connectivity index (χ3n) is 1.99. The Morgan fingerprint density at radius 2 is 2.33 bits per heavy atom. The van der Waals surface area contributed by atoms with Gasteiger partial charge in [0.05, 0.1) is 12.4 Å². The van der Waals surface area contributed by atoms with E-state index in [4.69, 9.17) is 10.5 Å². The van der Waals surface area contributed by atoms with Crippen LogP contribution in [0.25, 0.3) is 0 Å². The minimum atomic E-state index is 0.298. The summed E-state index contributed by atoms with van der Waals surface area (Å²) < 4.78 is 5.32. The second-order valence-electron chi connectivity index (χ2n) is 3.56. The first-order chi connectivity index (χ1) is 5.70. The van der Waals surface area contributed by atoms with Crippen LogP contribution in [-0.2, 0) is 4.74 Å². The number of amidine groups is 1. The van der Waals surface area contributed by atoms with Gasteiger partial charge in [0.1, 0.15) is 0 Å². The summed E-state index contributed by atoms with van der Waals surface area (Å²) in [5, 5.41) is 0. The van der Waals surface area contributed by atoms with Crippen LogP contribution in [-0.4, -0.2) is 25.1 Å². The van der Waals surface area contributed by atoms with Gasteiger partial charge >= 0.3 is 0 Å². The van der Waals surface area contributed by atoms with E-state index < -0.39 is 0 Å². The fourth-order valence-electron chi connectivity index (χ4n) is 1.38. The topological polar surface area (TPSA) is 47.6 Å². The predicted molar refractivity (Wildman–Crippen MR) is 50.3 cm³/mol. The number of ether oxygens (including phenoxy) is 1. The second-order valence-corrected chi connectivity index (χ2v) is 3.56. The van der Waals surface area contributed by atoms with Gasteiger partial charge in [-0.05, 0) is 26.7 Å². The average Bonchev–Trinajstić information content (AvgIpc) is 2.05. The molecule has 1 aliphatic rings. The van der Waals surface area contributed by atoms with Crippen LogP contribution in [0.1, 0.15) is 26.7 Å². The van der Waals surface area contributed by atoms with Crippen molar-refractivity contribution in [3.63, 3.8) is 0 Å². The van der Waals surface area contributed by atoms with Crippen molar-refractivity contribution in [3.8, 4) is 0 Å². The summed E-state index contributed by atoms with van der Waals surface area (Å²) in [6.45, 7) is 5.71. The molecule has 0 spiro atoms. The van der Waals surface area contributed by atoms with Gasteiger partial charge in [-0.25, -0.2) is 0 Å². The Morgan fingerprint density at radius 1 is 1.58 bits per heavy atom. The molecular formula is C9H18N2O. The van der Waals surface area contributed by atoms with Crippen LogP contribution in [0.2, 0.25) is 0 Å². The maximum atomic E-state index is 5.82. The van der Waals surface area contributed by atoms with E-state index in [2.05, 4.69) is 4.99 Å². The van der Waals surface area contributed by atoms with E-state index in [1.54, 1.807) is 0 Å². The van der Waals surface area contributed by atoms with Gasteiger partial charge in [0, 0.05) is 18.6 Å². The molecule has 0 amide bonds. The molecule has 1 fully saturated rings. The normalized spacial score (nSPS) is 26.2. The maximum Gasteiger partial charge on any atom is 0.0994 e. The fourth-order valence-corrected chi connectivity index (χ4v) is 1.38. The Morgan fingerprint density at radius 3 is 2.83 bits per heavy atom. The minimum Gasteiger partial charge on any atom is -0.387 e. The van der Waals surface area contributed by atoms with Crippen molar-refractivity contribution in [2.24, 2.45) is 16.6 Å². The lowest BCUT2D eigenvalue weighted by Gasteiger charge is -2.21. The molecule has 12 heavy (non-hydrogen) atoms. The molecule has 3 nitrogen and oxygen atoms in total. The fraction of sp³-hybridized carbons (Fsp3) is 0.889. The van der Waals surface area contributed by atoms with E-state index in [0.29, 0.717) is 12.0 Å². The van der Waals surface area contributed by atoms with Gasteiger partial charge in [-0.2, -0.15) is 0 Å². The van der Waals surface area contributed by atoms with Crippen molar-refractivity contribution < 1.29 is 4.74 Å². The largest absolute Gasteiger partial charge is 0.387 e. The number of aliphatic imine (C=N–C) groups is 1. The van der Waals surface area contributed by atoms with Crippen LogP contribution < -0.4 is 5.73 Å². The highest BCUT2D eigenvalue weighted by Crippen LogP contribution is 2.13. The molecule has 1 saturated heterocycles. The Kier molecular flexibility index (Phi) is 3.53. The summed E-state index contributed by atoms with van der Waals surface area (Å²) in [6, 6.07) is 0.298. The number of nitrogens with zero attached hydrogens (tertiary/aromatic N) is 1. The lowest BCUT2D eigenvalue weighted by atomic mass is 10.0. The molecule has 0 bridgehead atoms. The zero-order chi connectivity index (χ0) is 8.97. The molecule has 0 radical (unpaired) electrons. The van der Waals surface area contributed by atoms with Crippen molar-refractivity contribution in [1.29, 1.82) is 0 Å². The molecular weight excluding hydrogens is 152 g/mol. The third kappa shape index (κ3) is 2.81. The van der Waals surface area contributed by atoms with Crippen LogP contribution in [0, 0.1) is 5.92 Å². The second kappa shape index (κ2) is 4.45. The lowest BCUT2D eigenvalue weighted by molar-refractivity contribution is 0.0764. The summed E-state index contributed by atoms with van der Waals surface area (Å²) in [5.74, 6) is 1.13. The summed E-state index contributed by atoms with van der Waals surface area (Å²) in [4.78, 5) is 4.32. The zero-order valence-corrected chi connectivity index (χ0v) is 7.92. The Bertz CT molecular complexity index is 160. The van der Waals surface area contributed by atoms with Crippen LogP contribution in [0.5, 0.6) is 0 Å². The quantitative estimate of drug-likeness (QED) is 0.499. The van der Waals surface area contributed by atoms with Crippen molar-refractivity contribution in [3.05, 3.63) is 0 Å². The average molecular weight is 170 g/mol. The number of rotatable bonds is 2. The summed E-state index contributed by atoms with van der Waals surface area (Å²) in [6.07, 6.45) is 2.24. The van der Waals surface area contributed by atoms with Gasteiger partial charge in [0.15, 0.2) is 0 Å². The van der Waals surface area contributed by atoms with Gasteiger partial charge in [0.2, 0.25) is 0 Å². The number of hydrogen-bond donors (Lipinski definition) is 1. The first-order valence-corrected chi connectivity index (χ1v) is 4.61.